The molecule has 1 fully saturated rings. The summed E-state index contributed by atoms with van der Waals surface area (Å²) < 4.78 is 0. The number of carbonyl (C=O) groups is 4. The van der Waals surface area contributed by atoms with Crippen molar-refractivity contribution in [2.45, 2.75) is 46.0 Å². The molecule has 7 heteroatoms. The zero-order chi connectivity index (χ0) is 19.5. The molecule has 0 radical (unpaired) electrons. The van der Waals surface area contributed by atoms with Gasteiger partial charge >= 0.3 is 17.8 Å². The van der Waals surface area contributed by atoms with E-state index < -0.39 is 30.3 Å². The lowest BCUT2D eigenvalue weighted by molar-refractivity contribution is -0.143. The van der Waals surface area contributed by atoms with E-state index in [9.17, 15) is 19.2 Å². The van der Waals surface area contributed by atoms with Gasteiger partial charge < -0.3 is 5.32 Å². The summed E-state index contributed by atoms with van der Waals surface area (Å²) in [6.07, 6.45) is 1.40. The van der Waals surface area contributed by atoms with Gasteiger partial charge in [0.25, 0.3) is 0 Å². The highest BCUT2D eigenvalue weighted by atomic mass is 16.2. The molecule has 1 aromatic carbocycles. The Kier molecular flexibility index (Phi) is 5.79. The standard InChI is InChI=1S/C19H25N3O4/c1-5-6-11-21-16(24)17(25)22(18(21)26)12-15(23)20-14-9-7-13(8-10-14)19(2,3)4/h7-10H,5-6,11-12H2,1-4H3,(H,20,23). The smallest absolute Gasteiger partial charge is 0.325 e. The first-order chi connectivity index (χ1) is 12.1. The molecular formula is C19H25N3O4. The maximum Gasteiger partial charge on any atom is 0.334 e. The molecule has 26 heavy (non-hydrogen) atoms. The molecule has 1 aliphatic rings. The molecule has 1 heterocycles. The second kappa shape index (κ2) is 7.68. The number of nitrogens with zero attached hydrogens (tertiary/aromatic N) is 2. The first kappa shape index (κ1) is 19.6. The molecule has 140 valence electrons. The Bertz CT molecular complexity index is 719. The maximum atomic E-state index is 12.2. The molecule has 1 saturated heterocycles. The van der Waals surface area contributed by atoms with Crippen molar-refractivity contribution in [3.63, 3.8) is 0 Å². The van der Waals surface area contributed by atoms with Crippen LogP contribution in [0.3, 0.4) is 0 Å². The molecular weight excluding hydrogens is 334 g/mol. The Balaban J connectivity index is 2.00. The molecule has 0 saturated carbocycles. The number of amides is 5. The number of nitrogens with one attached hydrogen (secondary N) is 1. The lowest BCUT2D eigenvalue weighted by atomic mass is 9.87. The van der Waals surface area contributed by atoms with Gasteiger partial charge in [-0.15, -0.1) is 0 Å². The van der Waals surface area contributed by atoms with E-state index in [4.69, 9.17) is 0 Å². The van der Waals surface area contributed by atoms with Gasteiger partial charge in [0.1, 0.15) is 6.54 Å². The number of hydrogen-bond donors (Lipinski definition) is 1. The van der Waals surface area contributed by atoms with Crippen molar-refractivity contribution in [2.24, 2.45) is 0 Å². The lowest BCUT2D eigenvalue weighted by Crippen LogP contribution is -2.39. The minimum atomic E-state index is -0.954. The largest absolute Gasteiger partial charge is 0.334 e. The molecule has 0 spiro atoms. The molecule has 0 unspecified atom stereocenters. The van der Waals surface area contributed by atoms with Crippen molar-refractivity contribution in [2.75, 3.05) is 18.4 Å². The molecule has 2 rings (SSSR count). The minimum Gasteiger partial charge on any atom is -0.325 e. The van der Waals surface area contributed by atoms with Crippen LogP contribution in [-0.4, -0.2) is 46.6 Å². The van der Waals surface area contributed by atoms with Gasteiger partial charge in [-0.2, -0.15) is 0 Å². The van der Waals surface area contributed by atoms with Crippen LogP contribution in [0.25, 0.3) is 0 Å². The third-order valence-electron chi connectivity index (χ3n) is 4.21. The first-order valence-electron chi connectivity index (χ1n) is 8.73. The van der Waals surface area contributed by atoms with Crippen LogP contribution < -0.4 is 5.32 Å². The van der Waals surface area contributed by atoms with Gasteiger partial charge in [0.05, 0.1) is 0 Å². The first-order valence-corrected chi connectivity index (χ1v) is 8.73. The Morgan fingerprint density at radius 1 is 1.00 bits per heavy atom. The number of unbranched alkanes of at least 4 members (excludes halogenated alkanes) is 1. The van der Waals surface area contributed by atoms with Crippen molar-refractivity contribution in [1.29, 1.82) is 0 Å². The highest BCUT2D eigenvalue weighted by Gasteiger charge is 2.44. The second-order valence-corrected chi connectivity index (χ2v) is 7.36. The predicted octanol–water partition coefficient (Wildman–Crippen LogP) is 2.51. The van der Waals surface area contributed by atoms with Crippen LogP contribution in [0.4, 0.5) is 10.5 Å². The van der Waals surface area contributed by atoms with Crippen LogP contribution in [-0.2, 0) is 19.8 Å². The van der Waals surface area contributed by atoms with Crippen LogP contribution in [0.2, 0.25) is 0 Å². The third kappa shape index (κ3) is 4.28. The van der Waals surface area contributed by atoms with Gasteiger partial charge in [0.15, 0.2) is 0 Å². The number of anilines is 1. The maximum absolute atomic E-state index is 12.2. The fourth-order valence-corrected chi connectivity index (χ4v) is 2.60. The summed E-state index contributed by atoms with van der Waals surface area (Å²) in [5.41, 5.74) is 1.69. The van der Waals surface area contributed by atoms with Crippen LogP contribution in [0.1, 0.15) is 46.1 Å². The fraction of sp³-hybridized carbons (Fsp3) is 0.474. The average molecular weight is 359 g/mol. The van der Waals surface area contributed by atoms with E-state index in [2.05, 4.69) is 26.1 Å². The highest BCUT2D eigenvalue weighted by Crippen LogP contribution is 2.23. The topological polar surface area (TPSA) is 86.8 Å². The Hall–Kier alpha value is -2.70. The molecule has 1 aliphatic heterocycles. The Morgan fingerprint density at radius 2 is 1.58 bits per heavy atom. The number of carbonyl (C=O) groups excluding carboxylic acids is 4. The van der Waals surface area contributed by atoms with Crippen molar-refractivity contribution in [3.05, 3.63) is 29.8 Å². The van der Waals surface area contributed by atoms with Crippen molar-refractivity contribution >= 4 is 29.4 Å². The van der Waals surface area contributed by atoms with E-state index in [0.29, 0.717) is 17.0 Å². The normalized spacial score (nSPS) is 15.0. The summed E-state index contributed by atoms with van der Waals surface area (Å²) in [6.45, 7) is 7.90. The number of hydrogen-bond acceptors (Lipinski definition) is 4. The summed E-state index contributed by atoms with van der Waals surface area (Å²) in [5, 5.41) is 2.65. The molecule has 0 aliphatic carbocycles. The lowest BCUT2D eigenvalue weighted by Gasteiger charge is -2.19. The minimum absolute atomic E-state index is 0.000756. The summed E-state index contributed by atoms with van der Waals surface area (Å²) in [7, 11) is 0. The van der Waals surface area contributed by atoms with E-state index in [-0.39, 0.29) is 12.0 Å². The van der Waals surface area contributed by atoms with E-state index in [1.54, 1.807) is 12.1 Å². The third-order valence-corrected chi connectivity index (χ3v) is 4.21. The van der Waals surface area contributed by atoms with Crippen molar-refractivity contribution < 1.29 is 19.2 Å². The Labute approximate surface area is 153 Å². The van der Waals surface area contributed by atoms with E-state index in [0.717, 1.165) is 16.9 Å². The average Bonchev–Trinajstić information content (AvgIpc) is 2.76. The Morgan fingerprint density at radius 3 is 2.12 bits per heavy atom. The molecule has 0 aromatic heterocycles. The predicted molar refractivity (Wildman–Crippen MR) is 97.5 cm³/mol. The summed E-state index contributed by atoms with van der Waals surface area (Å²) in [6, 6.07) is 6.64. The molecule has 0 bridgehead atoms. The number of benzene rings is 1. The summed E-state index contributed by atoms with van der Waals surface area (Å²) >= 11 is 0. The van der Waals surface area contributed by atoms with Crippen molar-refractivity contribution in [3.8, 4) is 0 Å². The van der Waals surface area contributed by atoms with Gasteiger partial charge in [-0.3, -0.25) is 19.3 Å². The molecule has 5 amide bonds. The molecule has 1 N–H and O–H groups in total. The zero-order valence-corrected chi connectivity index (χ0v) is 15.7. The number of urea groups is 1. The van der Waals surface area contributed by atoms with Gasteiger partial charge in [-0.25, -0.2) is 9.69 Å². The molecule has 0 atom stereocenters. The van der Waals surface area contributed by atoms with Gasteiger partial charge in [0.2, 0.25) is 5.91 Å². The van der Waals surface area contributed by atoms with Gasteiger partial charge in [-0.1, -0.05) is 46.2 Å². The molecule has 1 aromatic rings. The second-order valence-electron chi connectivity index (χ2n) is 7.36. The number of rotatable bonds is 6. The summed E-state index contributed by atoms with van der Waals surface area (Å²) in [4.78, 5) is 49.8. The molecule has 7 nitrogen and oxygen atoms in total. The monoisotopic (exact) mass is 359 g/mol. The van der Waals surface area contributed by atoms with E-state index in [1.165, 1.54) is 0 Å². The highest BCUT2D eigenvalue weighted by molar-refractivity contribution is 6.45. The van der Waals surface area contributed by atoms with Crippen molar-refractivity contribution in [1.82, 2.24) is 9.80 Å². The summed E-state index contributed by atoms with van der Waals surface area (Å²) in [5.74, 6) is -2.35. The zero-order valence-electron chi connectivity index (χ0n) is 15.7. The van der Waals surface area contributed by atoms with E-state index >= 15 is 0 Å². The van der Waals surface area contributed by atoms with Gasteiger partial charge in [0, 0.05) is 12.2 Å². The van der Waals surface area contributed by atoms with Crippen LogP contribution in [0.15, 0.2) is 24.3 Å². The van der Waals surface area contributed by atoms with Gasteiger partial charge in [-0.05, 0) is 29.5 Å². The van der Waals surface area contributed by atoms with E-state index in [1.807, 2.05) is 19.1 Å². The van der Waals surface area contributed by atoms with Crippen LogP contribution in [0, 0.1) is 0 Å². The van der Waals surface area contributed by atoms with Crippen LogP contribution in [0.5, 0.6) is 0 Å². The number of imide groups is 2. The van der Waals surface area contributed by atoms with Crippen LogP contribution >= 0.6 is 0 Å². The fourth-order valence-electron chi connectivity index (χ4n) is 2.60. The SMILES string of the molecule is CCCCN1C(=O)C(=O)N(CC(=O)Nc2ccc(C(C)(C)C)cc2)C1=O. The quantitative estimate of drug-likeness (QED) is 0.624.